The van der Waals surface area contributed by atoms with E-state index < -0.39 is 0 Å². The van der Waals surface area contributed by atoms with E-state index in [1.54, 1.807) is 14.2 Å². The van der Waals surface area contributed by atoms with E-state index in [1.165, 1.54) is 0 Å². The van der Waals surface area contributed by atoms with Crippen LogP contribution in [0.2, 0.25) is 0 Å². The summed E-state index contributed by atoms with van der Waals surface area (Å²) < 4.78 is 16.1. The fraction of sp³-hybridized carbons (Fsp3) is 0.571. The first kappa shape index (κ1) is 14.8. The lowest BCUT2D eigenvalue weighted by molar-refractivity contribution is 0.122. The number of hydrogen-bond donors (Lipinski definition) is 1. The quantitative estimate of drug-likeness (QED) is 0.772. The Morgan fingerprint density at radius 3 is 2.50 bits per heavy atom. The zero-order valence-corrected chi connectivity index (χ0v) is 11.7. The number of likely N-dealkylation sites (N-methyl/N-ethyl adjacent to an activating group) is 1. The third-order valence-electron chi connectivity index (χ3n) is 2.76. The van der Waals surface area contributed by atoms with Gasteiger partial charge >= 0.3 is 0 Å². The molecule has 18 heavy (non-hydrogen) atoms. The predicted octanol–water partition coefficient (Wildman–Crippen LogP) is 2.39. The van der Waals surface area contributed by atoms with Crippen LogP contribution in [-0.4, -0.2) is 34.0 Å². The summed E-state index contributed by atoms with van der Waals surface area (Å²) in [6.07, 6.45) is 0. The maximum Gasteiger partial charge on any atom is 0.127 e. The van der Waals surface area contributed by atoms with Crippen LogP contribution >= 0.6 is 0 Å². The van der Waals surface area contributed by atoms with Gasteiger partial charge in [-0.3, -0.25) is 0 Å². The van der Waals surface area contributed by atoms with Crippen LogP contribution in [0.4, 0.5) is 0 Å². The Labute approximate surface area is 109 Å². The van der Waals surface area contributed by atoms with Crippen molar-refractivity contribution in [2.45, 2.75) is 19.9 Å². The molecule has 0 aliphatic heterocycles. The van der Waals surface area contributed by atoms with Crippen molar-refractivity contribution in [3.8, 4) is 11.5 Å². The minimum atomic E-state index is 0.135. The van der Waals surface area contributed by atoms with E-state index in [-0.39, 0.29) is 6.04 Å². The lowest BCUT2D eigenvalue weighted by Crippen LogP contribution is -2.25. The molecule has 1 aromatic rings. The Balaban J connectivity index is 2.94. The fourth-order valence-electron chi connectivity index (χ4n) is 1.85. The summed E-state index contributed by atoms with van der Waals surface area (Å²) >= 11 is 0. The Kier molecular flexibility index (Phi) is 6.54. The molecule has 0 aromatic heterocycles. The molecule has 0 saturated heterocycles. The number of hydrogen-bond acceptors (Lipinski definition) is 4. The Hall–Kier alpha value is -1.26. The lowest BCUT2D eigenvalue weighted by atomic mass is 10.1. The van der Waals surface area contributed by atoms with Crippen molar-refractivity contribution in [3.05, 3.63) is 23.8 Å². The number of benzene rings is 1. The predicted molar refractivity (Wildman–Crippen MR) is 72.5 cm³/mol. The van der Waals surface area contributed by atoms with E-state index in [1.807, 2.05) is 25.1 Å². The van der Waals surface area contributed by atoms with Gasteiger partial charge in [-0.2, -0.15) is 0 Å². The average Bonchev–Trinajstić information content (AvgIpc) is 2.42. The van der Waals surface area contributed by atoms with Crippen LogP contribution in [-0.2, 0) is 4.74 Å². The molecule has 0 heterocycles. The molecule has 1 unspecified atom stereocenters. The van der Waals surface area contributed by atoms with Crippen molar-refractivity contribution in [2.24, 2.45) is 0 Å². The summed E-state index contributed by atoms with van der Waals surface area (Å²) in [5.74, 6) is 1.61. The van der Waals surface area contributed by atoms with Gasteiger partial charge in [0, 0.05) is 18.2 Å². The van der Waals surface area contributed by atoms with Gasteiger partial charge < -0.3 is 19.5 Å². The Bertz CT molecular complexity index is 355. The Morgan fingerprint density at radius 2 is 1.94 bits per heavy atom. The molecular formula is C14H23NO3. The average molecular weight is 253 g/mol. The van der Waals surface area contributed by atoms with Crippen molar-refractivity contribution < 1.29 is 14.2 Å². The molecule has 4 heteroatoms. The molecule has 0 saturated carbocycles. The molecule has 1 N–H and O–H groups in total. The fourth-order valence-corrected chi connectivity index (χ4v) is 1.85. The second-order valence-electron chi connectivity index (χ2n) is 3.88. The molecule has 4 nitrogen and oxygen atoms in total. The minimum Gasteiger partial charge on any atom is -0.497 e. The first-order valence-corrected chi connectivity index (χ1v) is 6.29. The summed E-state index contributed by atoms with van der Waals surface area (Å²) in [4.78, 5) is 0. The van der Waals surface area contributed by atoms with Gasteiger partial charge in [0.05, 0.1) is 26.9 Å². The molecule has 0 spiro atoms. The highest BCUT2D eigenvalue weighted by atomic mass is 16.5. The molecule has 1 rings (SSSR count). The molecule has 1 atom stereocenters. The zero-order valence-electron chi connectivity index (χ0n) is 11.7. The van der Waals surface area contributed by atoms with E-state index in [4.69, 9.17) is 14.2 Å². The normalized spacial score (nSPS) is 12.2. The Morgan fingerprint density at radius 1 is 1.17 bits per heavy atom. The van der Waals surface area contributed by atoms with Gasteiger partial charge in [-0.05, 0) is 25.6 Å². The van der Waals surface area contributed by atoms with Crippen LogP contribution in [0.1, 0.15) is 25.5 Å². The van der Waals surface area contributed by atoms with Crippen LogP contribution < -0.4 is 14.8 Å². The topological polar surface area (TPSA) is 39.7 Å². The van der Waals surface area contributed by atoms with Crippen LogP contribution in [0.5, 0.6) is 11.5 Å². The highest BCUT2D eigenvalue weighted by molar-refractivity contribution is 5.42. The van der Waals surface area contributed by atoms with Crippen molar-refractivity contribution in [2.75, 3.05) is 34.0 Å². The summed E-state index contributed by atoms with van der Waals surface area (Å²) in [6, 6.07) is 5.99. The third kappa shape index (κ3) is 3.89. The van der Waals surface area contributed by atoms with Crippen LogP contribution in [0.15, 0.2) is 18.2 Å². The first-order valence-electron chi connectivity index (χ1n) is 6.29. The van der Waals surface area contributed by atoms with Crippen molar-refractivity contribution >= 4 is 0 Å². The van der Waals surface area contributed by atoms with E-state index in [9.17, 15) is 0 Å². The largest absolute Gasteiger partial charge is 0.497 e. The standard InChI is InChI=1S/C14H23NO3/c1-5-15-13(10-18-6-2)12-8-7-11(16-3)9-14(12)17-4/h7-9,13,15H,5-6,10H2,1-4H3. The van der Waals surface area contributed by atoms with E-state index in [0.29, 0.717) is 13.2 Å². The highest BCUT2D eigenvalue weighted by Gasteiger charge is 2.16. The second-order valence-corrected chi connectivity index (χ2v) is 3.88. The lowest BCUT2D eigenvalue weighted by Gasteiger charge is -2.21. The van der Waals surface area contributed by atoms with Gasteiger partial charge in [0.1, 0.15) is 11.5 Å². The van der Waals surface area contributed by atoms with Gasteiger partial charge in [0.2, 0.25) is 0 Å². The number of rotatable bonds is 8. The van der Waals surface area contributed by atoms with Gasteiger partial charge in [-0.15, -0.1) is 0 Å². The van der Waals surface area contributed by atoms with E-state index in [0.717, 1.165) is 23.6 Å². The maximum atomic E-state index is 5.51. The number of nitrogens with one attached hydrogen (secondary N) is 1. The molecule has 0 fully saturated rings. The number of methoxy groups -OCH3 is 2. The smallest absolute Gasteiger partial charge is 0.127 e. The summed E-state index contributed by atoms with van der Waals surface area (Å²) in [6.45, 7) is 6.30. The van der Waals surface area contributed by atoms with Crippen LogP contribution in [0.3, 0.4) is 0 Å². The molecular weight excluding hydrogens is 230 g/mol. The van der Waals surface area contributed by atoms with Crippen molar-refractivity contribution in [3.63, 3.8) is 0 Å². The van der Waals surface area contributed by atoms with E-state index >= 15 is 0 Å². The number of ether oxygens (including phenoxy) is 3. The highest BCUT2D eigenvalue weighted by Crippen LogP contribution is 2.29. The van der Waals surface area contributed by atoms with Crippen molar-refractivity contribution in [1.82, 2.24) is 5.32 Å². The van der Waals surface area contributed by atoms with Crippen LogP contribution in [0.25, 0.3) is 0 Å². The molecule has 0 bridgehead atoms. The van der Waals surface area contributed by atoms with E-state index in [2.05, 4.69) is 12.2 Å². The zero-order chi connectivity index (χ0) is 13.4. The molecule has 1 aromatic carbocycles. The SMILES string of the molecule is CCNC(COCC)c1ccc(OC)cc1OC. The van der Waals surface area contributed by atoms with Crippen molar-refractivity contribution in [1.29, 1.82) is 0 Å². The molecule has 0 aliphatic rings. The minimum absolute atomic E-state index is 0.135. The van der Waals surface area contributed by atoms with Gasteiger partial charge in [0.25, 0.3) is 0 Å². The summed E-state index contributed by atoms with van der Waals surface area (Å²) in [5.41, 5.74) is 1.09. The van der Waals surface area contributed by atoms with Gasteiger partial charge in [-0.25, -0.2) is 0 Å². The second kappa shape index (κ2) is 7.95. The summed E-state index contributed by atoms with van der Waals surface area (Å²) in [7, 11) is 3.32. The van der Waals surface area contributed by atoms with Gasteiger partial charge in [0.15, 0.2) is 0 Å². The van der Waals surface area contributed by atoms with Crippen LogP contribution in [0, 0.1) is 0 Å². The monoisotopic (exact) mass is 253 g/mol. The molecule has 0 radical (unpaired) electrons. The molecule has 0 aliphatic carbocycles. The summed E-state index contributed by atoms with van der Waals surface area (Å²) in [5, 5.41) is 3.40. The maximum absolute atomic E-state index is 5.51. The molecule has 0 amide bonds. The first-order chi connectivity index (χ1) is 8.76. The van der Waals surface area contributed by atoms with Gasteiger partial charge in [-0.1, -0.05) is 6.92 Å². The molecule has 102 valence electrons. The third-order valence-corrected chi connectivity index (χ3v) is 2.76.